The number of hydrogen-bond acceptors (Lipinski definition) is 2. The molecule has 4 heteroatoms. The van der Waals surface area contributed by atoms with Gasteiger partial charge in [0, 0.05) is 20.9 Å². The summed E-state index contributed by atoms with van der Waals surface area (Å²) in [6.45, 7) is 7.35. The van der Waals surface area contributed by atoms with Gasteiger partial charge in [-0.3, -0.25) is 0 Å². The van der Waals surface area contributed by atoms with E-state index in [1.54, 1.807) is 0 Å². The lowest BCUT2D eigenvalue weighted by Crippen LogP contribution is -2.05. The van der Waals surface area contributed by atoms with Crippen molar-refractivity contribution < 1.29 is 0 Å². The van der Waals surface area contributed by atoms with E-state index in [-0.39, 0.29) is 0 Å². The molecular formula is C14H16Br2N2. The molecule has 0 aliphatic heterocycles. The smallest absolute Gasteiger partial charge is 0.130 e. The van der Waals surface area contributed by atoms with E-state index in [0.717, 1.165) is 32.2 Å². The molecule has 0 fully saturated rings. The number of fused-ring (bicyclic) bond motifs is 1. The number of benzene rings is 1. The van der Waals surface area contributed by atoms with E-state index in [1.807, 2.05) is 12.1 Å². The Hall–Kier alpha value is -0.610. The maximum absolute atomic E-state index is 4.76. The molecule has 2 nitrogen and oxygen atoms in total. The molecule has 0 spiro atoms. The molecule has 0 amide bonds. The topological polar surface area (TPSA) is 24.9 Å². The Morgan fingerprint density at radius 1 is 1.22 bits per heavy atom. The number of hydrogen-bond donors (Lipinski definition) is 1. The maximum atomic E-state index is 4.76. The van der Waals surface area contributed by atoms with Gasteiger partial charge in [0.25, 0.3) is 0 Å². The first-order valence-corrected chi connectivity index (χ1v) is 7.65. The van der Waals surface area contributed by atoms with E-state index >= 15 is 0 Å². The Labute approximate surface area is 124 Å². The monoisotopic (exact) mass is 370 g/mol. The molecule has 0 bridgehead atoms. The van der Waals surface area contributed by atoms with Crippen LogP contribution in [0.4, 0.5) is 5.82 Å². The molecule has 0 unspecified atom stereocenters. The van der Waals surface area contributed by atoms with Gasteiger partial charge in [-0.15, -0.1) is 0 Å². The first kappa shape index (κ1) is 13.8. The van der Waals surface area contributed by atoms with Crippen molar-refractivity contribution in [1.29, 1.82) is 0 Å². The number of rotatable bonds is 3. The first-order valence-electron chi connectivity index (χ1n) is 6.07. The van der Waals surface area contributed by atoms with Gasteiger partial charge in [0.15, 0.2) is 0 Å². The van der Waals surface area contributed by atoms with Gasteiger partial charge in [-0.1, -0.05) is 29.8 Å². The zero-order valence-electron chi connectivity index (χ0n) is 10.7. The number of aromatic nitrogens is 1. The Morgan fingerprint density at radius 3 is 2.50 bits per heavy atom. The summed E-state index contributed by atoms with van der Waals surface area (Å²) in [6.07, 6.45) is 0. The normalized spacial score (nSPS) is 11.2. The highest BCUT2D eigenvalue weighted by Gasteiger charge is 2.12. The minimum Gasteiger partial charge on any atom is -0.370 e. The van der Waals surface area contributed by atoms with Crippen LogP contribution < -0.4 is 5.32 Å². The summed E-state index contributed by atoms with van der Waals surface area (Å²) < 4.78 is 2.10. The van der Waals surface area contributed by atoms with Crippen LogP contribution in [0, 0.1) is 0 Å². The molecule has 2 rings (SSSR count). The molecule has 0 saturated carbocycles. The quantitative estimate of drug-likeness (QED) is 0.790. The van der Waals surface area contributed by atoms with Crippen LogP contribution in [-0.4, -0.2) is 11.5 Å². The Kier molecular flexibility index (Phi) is 4.28. The molecule has 1 aromatic heterocycles. The third-order valence-corrected chi connectivity index (χ3v) is 4.21. The highest BCUT2D eigenvalue weighted by atomic mass is 79.9. The standard InChI is InChI=1S/C14H16Br2N2/c1-4-17-14-9(8(2)3)7-10-11(15)5-6-12(16)13(10)18-14/h5-8H,4H2,1-3H3,(H,17,18). The van der Waals surface area contributed by atoms with Crippen LogP contribution in [0.5, 0.6) is 0 Å². The van der Waals surface area contributed by atoms with Gasteiger partial charge in [-0.25, -0.2) is 4.98 Å². The van der Waals surface area contributed by atoms with E-state index in [2.05, 4.69) is 64.0 Å². The zero-order valence-corrected chi connectivity index (χ0v) is 13.9. The first-order chi connectivity index (χ1) is 8.54. The average Bonchev–Trinajstić information content (AvgIpc) is 2.34. The van der Waals surface area contributed by atoms with Crippen molar-refractivity contribution in [3.05, 3.63) is 32.7 Å². The molecular weight excluding hydrogens is 356 g/mol. The van der Waals surface area contributed by atoms with Gasteiger partial charge < -0.3 is 5.32 Å². The fourth-order valence-electron chi connectivity index (χ4n) is 1.96. The molecule has 0 aliphatic rings. The predicted octanol–water partition coefficient (Wildman–Crippen LogP) is 5.32. The lowest BCUT2D eigenvalue weighted by atomic mass is 10.0. The zero-order chi connectivity index (χ0) is 13.3. The van der Waals surface area contributed by atoms with E-state index in [9.17, 15) is 0 Å². The fraction of sp³-hybridized carbons (Fsp3) is 0.357. The molecule has 0 aliphatic carbocycles. The van der Waals surface area contributed by atoms with Crippen molar-refractivity contribution in [2.24, 2.45) is 0 Å². The van der Waals surface area contributed by atoms with Crippen molar-refractivity contribution in [3.8, 4) is 0 Å². The van der Waals surface area contributed by atoms with E-state index in [1.165, 1.54) is 5.56 Å². The Bertz CT molecular complexity index is 580. The second-order valence-corrected chi connectivity index (χ2v) is 6.25. The van der Waals surface area contributed by atoms with Crippen molar-refractivity contribution >= 4 is 48.6 Å². The Balaban J connectivity index is 2.75. The summed E-state index contributed by atoms with van der Waals surface area (Å²) in [4.78, 5) is 4.76. The van der Waals surface area contributed by atoms with Gasteiger partial charge >= 0.3 is 0 Å². The van der Waals surface area contributed by atoms with Crippen molar-refractivity contribution in [3.63, 3.8) is 0 Å². The lowest BCUT2D eigenvalue weighted by molar-refractivity contribution is 0.861. The van der Waals surface area contributed by atoms with Crippen LogP contribution >= 0.6 is 31.9 Å². The largest absolute Gasteiger partial charge is 0.370 e. The molecule has 0 radical (unpaired) electrons. The van der Waals surface area contributed by atoms with Crippen molar-refractivity contribution in [2.45, 2.75) is 26.7 Å². The molecule has 1 aromatic carbocycles. The van der Waals surface area contributed by atoms with Crippen LogP contribution in [0.1, 0.15) is 32.3 Å². The van der Waals surface area contributed by atoms with Crippen LogP contribution in [0.3, 0.4) is 0 Å². The van der Waals surface area contributed by atoms with Crippen LogP contribution in [0.2, 0.25) is 0 Å². The summed E-state index contributed by atoms with van der Waals surface area (Å²) in [5.41, 5.74) is 2.24. The van der Waals surface area contributed by atoms with Gasteiger partial charge in [-0.2, -0.15) is 0 Å². The molecule has 96 valence electrons. The maximum Gasteiger partial charge on any atom is 0.130 e. The fourth-order valence-corrected chi connectivity index (χ4v) is 2.83. The molecule has 18 heavy (non-hydrogen) atoms. The number of nitrogens with zero attached hydrogens (tertiary/aromatic N) is 1. The SMILES string of the molecule is CCNc1nc2c(Br)ccc(Br)c2cc1C(C)C. The van der Waals surface area contributed by atoms with Crippen LogP contribution in [-0.2, 0) is 0 Å². The number of pyridine rings is 1. The van der Waals surface area contributed by atoms with Crippen molar-refractivity contribution in [2.75, 3.05) is 11.9 Å². The van der Waals surface area contributed by atoms with Gasteiger partial charge in [-0.05, 0) is 52.5 Å². The third-order valence-electron chi connectivity index (χ3n) is 2.88. The summed E-state index contributed by atoms with van der Waals surface area (Å²) in [5.74, 6) is 1.43. The Morgan fingerprint density at radius 2 is 1.89 bits per heavy atom. The summed E-state index contributed by atoms with van der Waals surface area (Å²) in [7, 11) is 0. The van der Waals surface area contributed by atoms with Gasteiger partial charge in [0.2, 0.25) is 0 Å². The van der Waals surface area contributed by atoms with E-state index < -0.39 is 0 Å². The van der Waals surface area contributed by atoms with E-state index in [0.29, 0.717) is 5.92 Å². The third kappa shape index (κ3) is 2.54. The van der Waals surface area contributed by atoms with E-state index in [4.69, 9.17) is 4.98 Å². The molecule has 1 N–H and O–H groups in total. The van der Waals surface area contributed by atoms with Crippen LogP contribution in [0.25, 0.3) is 10.9 Å². The van der Waals surface area contributed by atoms with Crippen LogP contribution in [0.15, 0.2) is 27.1 Å². The molecule has 0 saturated heterocycles. The molecule has 0 atom stereocenters. The minimum absolute atomic E-state index is 0.446. The summed E-state index contributed by atoms with van der Waals surface area (Å²) in [6, 6.07) is 6.29. The van der Waals surface area contributed by atoms with Gasteiger partial charge in [0.1, 0.15) is 5.82 Å². The van der Waals surface area contributed by atoms with Crippen molar-refractivity contribution in [1.82, 2.24) is 4.98 Å². The highest BCUT2D eigenvalue weighted by Crippen LogP contribution is 2.34. The minimum atomic E-state index is 0.446. The summed E-state index contributed by atoms with van der Waals surface area (Å²) >= 11 is 7.16. The molecule has 2 aromatic rings. The predicted molar refractivity (Wildman–Crippen MR) is 85.4 cm³/mol. The lowest BCUT2D eigenvalue weighted by Gasteiger charge is -2.15. The average molecular weight is 372 g/mol. The second kappa shape index (κ2) is 5.57. The number of nitrogens with one attached hydrogen (secondary N) is 1. The summed E-state index contributed by atoms with van der Waals surface area (Å²) in [5, 5.41) is 4.50. The second-order valence-electron chi connectivity index (χ2n) is 4.54. The van der Waals surface area contributed by atoms with Gasteiger partial charge in [0.05, 0.1) is 5.52 Å². The highest BCUT2D eigenvalue weighted by molar-refractivity contribution is 9.11. The number of anilines is 1. The number of halogens is 2. The molecule has 1 heterocycles.